The molecule has 2 heterocycles. The van der Waals surface area contributed by atoms with Crippen molar-refractivity contribution in [3.63, 3.8) is 0 Å². The van der Waals surface area contributed by atoms with Crippen molar-refractivity contribution in [3.8, 4) is 0 Å². The van der Waals surface area contributed by atoms with Crippen LogP contribution in [0.15, 0.2) is 35.3 Å². The number of anilines is 1. The molecule has 4 rings (SSSR count). The summed E-state index contributed by atoms with van der Waals surface area (Å²) in [6.07, 6.45) is 3.89. The van der Waals surface area contributed by atoms with Crippen LogP contribution in [0.1, 0.15) is 44.7 Å². The average molecular weight is 351 g/mol. The van der Waals surface area contributed by atoms with Crippen LogP contribution in [0.2, 0.25) is 0 Å². The van der Waals surface area contributed by atoms with E-state index in [1.165, 1.54) is 11.1 Å². The first-order valence-corrected chi connectivity index (χ1v) is 9.09. The lowest BCUT2D eigenvalue weighted by molar-refractivity contribution is 0.366. The number of aromatic amines is 1. The molecule has 6 heteroatoms. The largest absolute Gasteiger partial charge is 0.355 e. The van der Waals surface area contributed by atoms with Gasteiger partial charge in [-0.05, 0) is 51.7 Å². The minimum Gasteiger partial charge on any atom is -0.355 e. The van der Waals surface area contributed by atoms with Crippen LogP contribution in [-0.4, -0.2) is 26.3 Å². The molecule has 0 radical (unpaired) electrons. The minimum atomic E-state index is -0.237. The Kier molecular flexibility index (Phi) is 3.68. The van der Waals surface area contributed by atoms with Gasteiger partial charge in [-0.3, -0.25) is 9.78 Å². The summed E-state index contributed by atoms with van der Waals surface area (Å²) in [5.41, 5.74) is 3.06. The zero-order valence-electron chi connectivity index (χ0n) is 15.8. The number of fused-ring (bicyclic) bond motifs is 1. The molecule has 0 saturated heterocycles. The van der Waals surface area contributed by atoms with Gasteiger partial charge >= 0.3 is 0 Å². The maximum atomic E-state index is 12.4. The van der Waals surface area contributed by atoms with E-state index in [1.54, 1.807) is 10.9 Å². The fraction of sp³-hybridized carbons (Fsp3) is 0.450. The lowest BCUT2D eigenvalue weighted by Crippen LogP contribution is -2.25. The SMILES string of the molecule is Cc1ccccc1C1(CNc2nc3c(cnn3C(C)(C)C)c(=O)[nH]2)CC1. The van der Waals surface area contributed by atoms with E-state index in [0.29, 0.717) is 17.0 Å². The van der Waals surface area contributed by atoms with Gasteiger partial charge in [-0.15, -0.1) is 0 Å². The highest BCUT2D eigenvalue weighted by Crippen LogP contribution is 2.49. The molecule has 0 amide bonds. The first-order valence-electron chi connectivity index (χ1n) is 9.09. The molecule has 136 valence electrons. The van der Waals surface area contributed by atoms with E-state index < -0.39 is 0 Å². The topological polar surface area (TPSA) is 75.6 Å². The maximum absolute atomic E-state index is 12.4. The number of hydrogen-bond acceptors (Lipinski definition) is 4. The van der Waals surface area contributed by atoms with Crippen LogP contribution < -0.4 is 10.9 Å². The summed E-state index contributed by atoms with van der Waals surface area (Å²) in [6, 6.07) is 8.53. The molecule has 0 atom stereocenters. The van der Waals surface area contributed by atoms with Crippen molar-refractivity contribution in [2.75, 3.05) is 11.9 Å². The molecule has 2 N–H and O–H groups in total. The molecule has 1 saturated carbocycles. The molecule has 26 heavy (non-hydrogen) atoms. The molecular formula is C20H25N5O. The lowest BCUT2D eigenvalue weighted by atomic mass is 9.92. The molecule has 1 aliphatic carbocycles. The van der Waals surface area contributed by atoms with Gasteiger partial charge < -0.3 is 5.32 Å². The number of aromatic nitrogens is 4. The van der Waals surface area contributed by atoms with Crippen molar-refractivity contribution in [2.45, 2.75) is 51.5 Å². The summed E-state index contributed by atoms with van der Waals surface area (Å²) in [7, 11) is 0. The molecule has 1 fully saturated rings. The van der Waals surface area contributed by atoms with Gasteiger partial charge in [0.15, 0.2) is 5.65 Å². The molecule has 1 aliphatic rings. The van der Waals surface area contributed by atoms with Crippen molar-refractivity contribution >= 4 is 17.0 Å². The molecule has 0 bridgehead atoms. The lowest BCUT2D eigenvalue weighted by Gasteiger charge is -2.21. The third kappa shape index (κ3) is 2.79. The first-order chi connectivity index (χ1) is 12.3. The quantitative estimate of drug-likeness (QED) is 0.756. The highest BCUT2D eigenvalue weighted by atomic mass is 16.1. The number of aryl methyl sites for hydroxylation is 1. The molecule has 6 nitrogen and oxygen atoms in total. The highest BCUT2D eigenvalue weighted by molar-refractivity contribution is 5.74. The number of benzene rings is 1. The second-order valence-electron chi connectivity index (χ2n) is 8.33. The third-order valence-electron chi connectivity index (χ3n) is 5.24. The van der Waals surface area contributed by atoms with Crippen LogP contribution in [0.4, 0.5) is 5.95 Å². The normalized spacial score (nSPS) is 16.0. The number of nitrogens with one attached hydrogen (secondary N) is 2. The standard InChI is InChI=1S/C20H25N5O/c1-13-7-5-6-8-15(13)20(9-10-20)12-21-18-23-16-14(17(26)24-18)11-22-25(16)19(2,3)4/h5-8,11H,9-10,12H2,1-4H3,(H2,21,23,24,26). The van der Waals surface area contributed by atoms with Crippen LogP contribution >= 0.6 is 0 Å². The van der Waals surface area contributed by atoms with Gasteiger partial charge in [0.1, 0.15) is 5.39 Å². The summed E-state index contributed by atoms with van der Waals surface area (Å²) in [4.78, 5) is 19.9. The minimum absolute atomic E-state index is 0.142. The fourth-order valence-corrected chi connectivity index (χ4v) is 3.61. The van der Waals surface area contributed by atoms with Crippen LogP contribution in [0, 0.1) is 6.92 Å². The predicted molar refractivity (Wildman–Crippen MR) is 104 cm³/mol. The van der Waals surface area contributed by atoms with Gasteiger partial charge in [0.25, 0.3) is 5.56 Å². The Morgan fingerprint density at radius 1 is 1.27 bits per heavy atom. The van der Waals surface area contributed by atoms with Crippen molar-refractivity contribution in [2.24, 2.45) is 0 Å². The van der Waals surface area contributed by atoms with E-state index in [-0.39, 0.29) is 16.5 Å². The van der Waals surface area contributed by atoms with Crippen molar-refractivity contribution in [1.82, 2.24) is 19.7 Å². The van der Waals surface area contributed by atoms with E-state index in [1.807, 2.05) is 20.8 Å². The Labute approximate surface area is 152 Å². The summed E-state index contributed by atoms with van der Waals surface area (Å²) < 4.78 is 1.80. The number of nitrogens with zero attached hydrogens (tertiary/aromatic N) is 3. The summed E-state index contributed by atoms with van der Waals surface area (Å²) in [6.45, 7) is 9.06. The number of rotatable bonds is 4. The van der Waals surface area contributed by atoms with E-state index >= 15 is 0 Å². The van der Waals surface area contributed by atoms with Crippen LogP contribution in [0.25, 0.3) is 11.0 Å². The predicted octanol–water partition coefficient (Wildman–Crippen LogP) is 3.33. The van der Waals surface area contributed by atoms with Crippen molar-refractivity contribution in [3.05, 3.63) is 51.9 Å². The molecule has 0 aliphatic heterocycles. The summed E-state index contributed by atoms with van der Waals surface area (Å²) in [5.74, 6) is 0.508. The van der Waals surface area contributed by atoms with Gasteiger partial charge in [0.05, 0.1) is 11.7 Å². The van der Waals surface area contributed by atoms with Gasteiger partial charge in [-0.2, -0.15) is 10.1 Å². The van der Waals surface area contributed by atoms with Crippen LogP contribution in [0.5, 0.6) is 0 Å². The van der Waals surface area contributed by atoms with E-state index in [2.05, 4.69) is 51.6 Å². The molecule has 1 aromatic carbocycles. The van der Waals surface area contributed by atoms with Crippen molar-refractivity contribution < 1.29 is 0 Å². The molecule has 2 aromatic heterocycles. The first kappa shape index (κ1) is 16.8. The fourth-order valence-electron chi connectivity index (χ4n) is 3.61. The maximum Gasteiger partial charge on any atom is 0.263 e. The Morgan fingerprint density at radius 2 is 2.00 bits per heavy atom. The smallest absolute Gasteiger partial charge is 0.263 e. The second-order valence-corrected chi connectivity index (χ2v) is 8.33. The molecule has 0 unspecified atom stereocenters. The Bertz CT molecular complexity index is 1020. The Morgan fingerprint density at radius 3 is 2.65 bits per heavy atom. The van der Waals surface area contributed by atoms with E-state index in [9.17, 15) is 4.79 Å². The van der Waals surface area contributed by atoms with Crippen LogP contribution in [0.3, 0.4) is 0 Å². The van der Waals surface area contributed by atoms with Crippen LogP contribution in [-0.2, 0) is 11.0 Å². The summed E-state index contributed by atoms with van der Waals surface area (Å²) >= 11 is 0. The third-order valence-corrected chi connectivity index (χ3v) is 5.24. The molecule has 0 spiro atoms. The van der Waals surface area contributed by atoms with Crippen molar-refractivity contribution in [1.29, 1.82) is 0 Å². The monoisotopic (exact) mass is 351 g/mol. The van der Waals surface area contributed by atoms with Gasteiger partial charge in [0.2, 0.25) is 5.95 Å². The number of hydrogen-bond donors (Lipinski definition) is 2. The van der Waals surface area contributed by atoms with E-state index in [0.717, 1.165) is 19.4 Å². The highest BCUT2D eigenvalue weighted by Gasteiger charge is 2.44. The Hall–Kier alpha value is -2.63. The average Bonchev–Trinajstić information content (AvgIpc) is 3.22. The zero-order valence-corrected chi connectivity index (χ0v) is 15.8. The Balaban J connectivity index is 1.64. The van der Waals surface area contributed by atoms with E-state index in [4.69, 9.17) is 0 Å². The van der Waals surface area contributed by atoms with Gasteiger partial charge in [-0.1, -0.05) is 24.3 Å². The van der Waals surface area contributed by atoms with Gasteiger partial charge in [0, 0.05) is 12.0 Å². The van der Waals surface area contributed by atoms with Gasteiger partial charge in [-0.25, -0.2) is 4.68 Å². The second kappa shape index (κ2) is 5.69. The zero-order chi connectivity index (χ0) is 18.5. The molecule has 3 aromatic rings. The molecular weight excluding hydrogens is 326 g/mol. The number of H-pyrrole nitrogens is 1. The summed E-state index contributed by atoms with van der Waals surface area (Å²) in [5, 5.41) is 8.24.